The van der Waals surface area contributed by atoms with Crippen molar-refractivity contribution in [2.24, 2.45) is 0 Å². The number of benzene rings is 2. The normalized spacial score (nSPS) is 11.8. The van der Waals surface area contributed by atoms with E-state index in [1.165, 1.54) is 6.07 Å². The minimum absolute atomic E-state index is 0.235. The first kappa shape index (κ1) is 20.3. The van der Waals surface area contributed by atoms with E-state index in [4.69, 9.17) is 25.8 Å². The van der Waals surface area contributed by atoms with Crippen LogP contribution in [0.2, 0.25) is 5.02 Å². The maximum absolute atomic E-state index is 12.2. The van der Waals surface area contributed by atoms with Gasteiger partial charge in [0.15, 0.2) is 6.10 Å². The Labute approximate surface area is 165 Å². The summed E-state index contributed by atoms with van der Waals surface area (Å²) in [4.78, 5) is 24.2. The minimum Gasteiger partial charge on any atom is -0.478 e. The standard InChI is InChI=1S/C19H18BrClO5/c1-11(2)24-19(23)13-5-4-6-15(9-13)26-18(22)12(3)25-17-8-7-14(21)10-16(17)20/h4-12H,1-3H3. The summed E-state index contributed by atoms with van der Waals surface area (Å²) < 4.78 is 16.6. The van der Waals surface area contributed by atoms with Crippen molar-refractivity contribution in [3.63, 3.8) is 0 Å². The summed E-state index contributed by atoms with van der Waals surface area (Å²) in [7, 11) is 0. The van der Waals surface area contributed by atoms with E-state index in [1.54, 1.807) is 57.2 Å². The fourth-order valence-corrected chi connectivity index (χ4v) is 2.75. The van der Waals surface area contributed by atoms with Crippen LogP contribution in [0.5, 0.6) is 11.5 Å². The Bertz CT molecular complexity index is 806. The Morgan fingerprint density at radius 1 is 1.08 bits per heavy atom. The zero-order chi connectivity index (χ0) is 19.3. The van der Waals surface area contributed by atoms with E-state index in [1.807, 2.05) is 0 Å². The second-order valence-corrected chi connectivity index (χ2v) is 7.03. The lowest BCUT2D eigenvalue weighted by molar-refractivity contribution is -0.141. The number of esters is 2. The van der Waals surface area contributed by atoms with Gasteiger partial charge in [-0.1, -0.05) is 17.7 Å². The second-order valence-electron chi connectivity index (χ2n) is 5.74. The third-order valence-corrected chi connectivity index (χ3v) is 4.02. The van der Waals surface area contributed by atoms with Crippen molar-refractivity contribution in [3.8, 4) is 11.5 Å². The third-order valence-electron chi connectivity index (χ3n) is 3.16. The molecule has 0 saturated heterocycles. The molecule has 0 fully saturated rings. The molecule has 2 aromatic rings. The molecule has 26 heavy (non-hydrogen) atoms. The molecule has 0 aliphatic rings. The van der Waals surface area contributed by atoms with E-state index in [2.05, 4.69) is 15.9 Å². The van der Waals surface area contributed by atoms with Crippen LogP contribution in [-0.4, -0.2) is 24.1 Å². The first-order valence-electron chi connectivity index (χ1n) is 7.90. The summed E-state index contributed by atoms with van der Waals surface area (Å²) in [5.41, 5.74) is 0.304. The molecule has 0 aliphatic heterocycles. The van der Waals surface area contributed by atoms with Crippen LogP contribution in [0.4, 0.5) is 0 Å². The third kappa shape index (κ3) is 5.75. The molecular formula is C19H18BrClO5. The Hall–Kier alpha value is -2.05. The SMILES string of the molecule is CC(C)OC(=O)c1cccc(OC(=O)C(C)Oc2ccc(Cl)cc2Br)c1. The first-order valence-corrected chi connectivity index (χ1v) is 9.08. The quantitative estimate of drug-likeness (QED) is 0.464. The lowest BCUT2D eigenvalue weighted by atomic mass is 10.2. The largest absolute Gasteiger partial charge is 0.478 e. The van der Waals surface area contributed by atoms with Crippen molar-refractivity contribution < 1.29 is 23.8 Å². The van der Waals surface area contributed by atoms with E-state index < -0.39 is 18.0 Å². The van der Waals surface area contributed by atoms with Crippen LogP contribution in [0.15, 0.2) is 46.9 Å². The van der Waals surface area contributed by atoms with Crippen molar-refractivity contribution in [2.75, 3.05) is 0 Å². The van der Waals surface area contributed by atoms with Gasteiger partial charge in [0.05, 0.1) is 16.1 Å². The number of carbonyl (C=O) groups excluding carboxylic acids is 2. The summed E-state index contributed by atoms with van der Waals surface area (Å²) in [6.45, 7) is 5.09. The number of halogens is 2. The monoisotopic (exact) mass is 440 g/mol. The van der Waals surface area contributed by atoms with Crippen LogP contribution < -0.4 is 9.47 Å². The van der Waals surface area contributed by atoms with Gasteiger partial charge in [-0.25, -0.2) is 9.59 Å². The maximum Gasteiger partial charge on any atom is 0.352 e. The van der Waals surface area contributed by atoms with Crippen molar-refractivity contribution in [2.45, 2.75) is 33.0 Å². The zero-order valence-electron chi connectivity index (χ0n) is 14.5. The van der Waals surface area contributed by atoms with Crippen LogP contribution in [0.25, 0.3) is 0 Å². The van der Waals surface area contributed by atoms with Crippen molar-refractivity contribution in [3.05, 3.63) is 57.5 Å². The van der Waals surface area contributed by atoms with Gasteiger partial charge in [0.2, 0.25) is 0 Å². The molecule has 2 aromatic carbocycles. The highest BCUT2D eigenvalue weighted by Crippen LogP contribution is 2.29. The van der Waals surface area contributed by atoms with E-state index in [-0.39, 0.29) is 11.9 Å². The highest BCUT2D eigenvalue weighted by atomic mass is 79.9. The molecule has 5 nitrogen and oxygen atoms in total. The van der Waals surface area contributed by atoms with Gasteiger partial charge in [-0.3, -0.25) is 0 Å². The Balaban J connectivity index is 2.03. The van der Waals surface area contributed by atoms with Gasteiger partial charge in [-0.15, -0.1) is 0 Å². The Morgan fingerprint density at radius 3 is 2.46 bits per heavy atom. The fourth-order valence-electron chi connectivity index (χ4n) is 1.98. The second kappa shape index (κ2) is 9.05. The maximum atomic E-state index is 12.2. The zero-order valence-corrected chi connectivity index (χ0v) is 16.8. The van der Waals surface area contributed by atoms with E-state index in [0.29, 0.717) is 20.8 Å². The highest BCUT2D eigenvalue weighted by Gasteiger charge is 2.19. The molecule has 0 N–H and O–H groups in total. The fraction of sp³-hybridized carbons (Fsp3) is 0.263. The molecule has 7 heteroatoms. The van der Waals surface area contributed by atoms with Crippen LogP contribution in [0.3, 0.4) is 0 Å². The lowest BCUT2D eigenvalue weighted by Gasteiger charge is -2.15. The van der Waals surface area contributed by atoms with Crippen molar-refractivity contribution in [1.29, 1.82) is 0 Å². The summed E-state index contributed by atoms with van der Waals surface area (Å²) in [5.74, 6) is -0.375. The summed E-state index contributed by atoms with van der Waals surface area (Å²) in [6, 6.07) is 11.2. The van der Waals surface area contributed by atoms with E-state index in [0.717, 1.165) is 0 Å². The highest BCUT2D eigenvalue weighted by molar-refractivity contribution is 9.10. The number of hydrogen-bond acceptors (Lipinski definition) is 5. The molecule has 0 aliphatic carbocycles. The van der Waals surface area contributed by atoms with Crippen molar-refractivity contribution >= 4 is 39.5 Å². The molecule has 0 aromatic heterocycles. The van der Waals surface area contributed by atoms with Gasteiger partial charge in [0.25, 0.3) is 0 Å². The molecule has 138 valence electrons. The molecule has 0 heterocycles. The van der Waals surface area contributed by atoms with Crippen LogP contribution in [-0.2, 0) is 9.53 Å². The summed E-state index contributed by atoms with van der Waals surface area (Å²) in [5, 5.41) is 0.546. The molecule has 0 radical (unpaired) electrons. The van der Waals surface area contributed by atoms with Crippen LogP contribution in [0, 0.1) is 0 Å². The molecule has 2 rings (SSSR count). The van der Waals surface area contributed by atoms with Crippen LogP contribution in [0.1, 0.15) is 31.1 Å². The molecule has 0 spiro atoms. The van der Waals surface area contributed by atoms with E-state index in [9.17, 15) is 9.59 Å². The van der Waals surface area contributed by atoms with Crippen molar-refractivity contribution in [1.82, 2.24) is 0 Å². The van der Waals surface area contributed by atoms with Gasteiger partial charge in [0, 0.05) is 5.02 Å². The molecule has 0 saturated carbocycles. The van der Waals surface area contributed by atoms with Gasteiger partial charge in [-0.2, -0.15) is 0 Å². The predicted octanol–water partition coefficient (Wildman–Crippen LogP) is 5.04. The average Bonchev–Trinajstić information content (AvgIpc) is 2.57. The van der Waals surface area contributed by atoms with E-state index >= 15 is 0 Å². The van der Waals surface area contributed by atoms with Gasteiger partial charge < -0.3 is 14.2 Å². The molecule has 0 bridgehead atoms. The average molecular weight is 442 g/mol. The van der Waals surface area contributed by atoms with Gasteiger partial charge in [0.1, 0.15) is 11.5 Å². The minimum atomic E-state index is -0.862. The molecular weight excluding hydrogens is 424 g/mol. The molecule has 0 amide bonds. The lowest BCUT2D eigenvalue weighted by Crippen LogP contribution is -2.28. The van der Waals surface area contributed by atoms with Gasteiger partial charge >= 0.3 is 11.9 Å². The number of ether oxygens (including phenoxy) is 3. The molecule has 1 unspecified atom stereocenters. The number of carbonyl (C=O) groups is 2. The Morgan fingerprint density at radius 2 is 1.81 bits per heavy atom. The topological polar surface area (TPSA) is 61.8 Å². The number of rotatable bonds is 6. The van der Waals surface area contributed by atoms with Crippen LogP contribution >= 0.6 is 27.5 Å². The first-order chi connectivity index (χ1) is 12.3. The molecule has 1 atom stereocenters. The summed E-state index contributed by atoms with van der Waals surface area (Å²) >= 11 is 9.20. The predicted molar refractivity (Wildman–Crippen MR) is 102 cm³/mol. The number of hydrogen-bond donors (Lipinski definition) is 0. The smallest absolute Gasteiger partial charge is 0.352 e. The Kier molecular flexibility index (Phi) is 7.06. The summed E-state index contributed by atoms with van der Waals surface area (Å²) in [6.07, 6.45) is -1.10. The van der Waals surface area contributed by atoms with Gasteiger partial charge in [-0.05, 0) is 73.1 Å².